The second-order valence-corrected chi connectivity index (χ2v) is 9.32. The zero-order chi connectivity index (χ0) is 21.9. The Kier molecular flexibility index (Phi) is 4.49. The largest absolute Gasteiger partial charge is 0.447 e. The zero-order valence-corrected chi connectivity index (χ0v) is 16.9. The monoisotopic (exact) mass is 439 g/mol. The molecule has 1 aliphatic carbocycles. The van der Waals surface area contributed by atoms with Gasteiger partial charge >= 0.3 is 18.3 Å². The van der Waals surface area contributed by atoms with Crippen LogP contribution in [0.2, 0.25) is 0 Å². The molecule has 0 aromatic carbocycles. The molecule has 2 N–H and O–H groups in total. The minimum absolute atomic E-state index is 0.00611. The third-order valence-electron chi connectivity index (χ3n) is 6.92. The van der Waals surface area contributed by atoms with E-state index < -0.39 is 23.4 Å². The summed E-state index contributed by atoms with van der Waals surface area (Å²) in [6, 6.07) is 2.58. The second kappa shape index (κ2) is 6.89. The number of rotatable bonds is 2. The maximum absolute atomic E-state index is 12.7. The van der Waals surface area contributed by atoms with Gasteiger partial charge in [0.05, 0.1) is 18.7 Å². The highest BCUT2D eigenvalue weighted by Gasteiger charge is 2.54. The first kappa shape index (κ1) is 20.2. The van der Waals surface area contributed by atoms with E-state index in [0.29, 0.717) is 25.5 Å². The standard InChI is InChI=1S/C20H24F3N5O3/c21-20(22,23)13-1-2-15(24-7-13)25-14-3-5-18(6-4-14)8-27(9-18)17(30)28-10-19(11-28)12-31-16(29)26-19/h1-2,7,14H,3-6,8-12H2,(H,24,25)(H,26,29). The number of alkyl carbamates (subject to hydrolysis) is 1. The summed E-state index contributed by atoms with van der Waals surface area (Å²) >= 11 is 0. The zero-order valence-electron chi connectivity index (χ0n) is 16.9. The van der Waals surface area contributed by atoms with E-state index in [2.05, 4.69) is 15.6 Å². The molecule has 1 saturated carbocycles. The van der Waals surface area contributed by atoms with Crippen molar-refractivity contribution >= 4 is 17.9 Å². The minimum atomic E-state index is -4.38. The fourth-order valence-corrected chi connectivity index (χ4v) is 5.13. The molecule has 31 heavy (non-hydrogen) atoms. The minimum Gasteiger partial charge on any atom is -0.447 e. The number of cyclic esters (lactones) is 1. The van der Waals surface area contributed by atoms with Gasteiger partial charge in [-0.3, -0.25) is 0 Å². The molecule has 0 bridgehead atoms. The van der Waals surface area contributed by atoms with E-state index in [0.717, 1.165) is 51.0 Å². The summed E-state index contributed by atoms with van der Waals surface area (Å²) in [5.74, 6) is 0.453. The summed E-state index contributed by atoms with van der Waals surface area (Å²) < 4.78 is 42.9. The Bertz CT molecular complexity index is 869. The van der Waals surface area contributed by atoms with Gasteiger partial charge in [-0.15, -0.1) is 0 Å². The number of aromatic nitrogens is 1. The van der Waals surface area contributed by atoms with E-state index in [-0.39, 0.29) is 17.5 Å². The Balaban J connectivity index is 1.06. The van der Waals surface area contributed by atoms with Gasteiger partial charge in [0.1, 0.15) is 18.0 Å². The number of carbonyl (C=O) groups excluding carboxylic acids is 2. The van der Waals surface area contributed by atoms with Crippen molar-refractivity contribution in [1.82, 2.24) is 20.1 Å². The number of urea groups is 1. The molecule has 4 fully saturated rings. The molecule has 3 saturated heterocycles. The van der Waals surface area contributed by atoms with E-state index in [9.17, 15) is 22.8 Å². The van der Waals surface area contributed by atoms with E-state index in [1.54, 1.807) is 4.90 Å². The quantitative estimate of drug-likeness (QED) is 0.740. The van der Waals surface area contributed by atoms with Gasteiger partial charge in [0.25, 0.3) is 0 Å². The first-order valence-electron chi connectivity index (χ1n) is 10.4. The van der Waals surface area contributed by atoms with Crippen LogP contribution in [0.15, 0.2) is 18.3 Å². The molecule has 0 unspecified atom stereocenters. The Morgan fingerprint density at radius 1 is 1.16 bits per heavy atom. The third kappa shape index (κ3) is 3.74. The lowest BCUT2D eigenvalue weighted by atomic mass is 9.67. The molecule has 8 nitrogen and oxygen atoms in total. The number of hydrogen-bond acceptors (Lipinski definition) is 5. The lowest BCUT2D eigenvalue weighted by Gasteiger charge is -2.56. The number of nitrogens with zero attached hydrogens (tertiary/aromatic N) is 3. The van der Waals surface area contributed by atoms with Crippen molar-refractivity contribution in [2.24, 2.45) is 5.41 Å². The lowest BCUT2D eigenvalue weighted by molar-refractivity contribution is -0.137. The molecule has 1 aromatic rings. The highest BCUT2D eigenvalue weighted by atomic mass is 19.4. The number of anilines is 1. The van der Waals surface area contributed by atoms with Gasteiger partial charge in [-0.2, -0.15) is 13.2 Å². The van der Waals surface area contributed by atoms with E-state index >= 15 is 0 Å². The van der Waals surface area contributed by atoms with Crippen LogP contribution in [0, 0.1) is 5.41 Å². The fraction of sp³-hybridized carbons (Fsp3) is 0.650. The van der Waals surface area contributed by atoms with Crippen LogP contribution in [0.1, 0.15) is 31.2 Å². The molecule has 4 aliphatic rings. The van der Waals surface area contributed by atoms with Gasteiger partial charge in [0, 0.05) is 30.7 Å². The SMILES string of the molecule is O=C1NC2(CO1)CN(C(=O)N1CC3(CCC(Nc4ccc(C(F)(F)F)cn4)CC3)C1)C2. The van der Waals surface area contributed by atoms with Crippen LogP contribution < -0.4 is 10.6 Å². The highest BCUT2D eigenvalue weighted by molar-refractivity contribution is 5.78. The van der Waals surface area contributed by atoms with Crippen LogP contribution in [0.25, 0.3) is 0 Å². The van der Waals surface area contributed by atoms with Crippen LogP contribution in [-0.2, 0) is 10.9 Å². The molecular formula is C20H24F3N5O3. The maximum atomic E-state index is 12.7. The molecule has 5 rings (SSSR count). The van der Waals surface area contributed by atoms with E-state index in [1.165, 1.54) is 6.07 Å². The van der Waals surface area contributed by atoms with Crippen molar-refractivity contribution in [2.75, 3.05) is 38.1 Å². The number of amides is 3. The van der Waals surface area contributed by atoms with Crippen molar-refractivity contribution < 1.29 is 27.5 Å². The van der Waals surface area contributed by atoms with Crippen LogP contribution in [0.3, 0.4) is 0 Å². The topological polar surface area (TPSA) is 86.8 Å². The molecule has 3 aliphatic heterocycles. The first-order valence-corrected chi connectivity index (χ1v) is 10.4. The fourth-order valence-electron chi connectivity index (χ4n) is 5.13. The van der Waals surface area contributed by atoms with E-state index in [1.807, 2.05) is 4.90 Å². The molecule has 0 atom stereocenters. The summed E-state index contributed by atoms with van der Waals surface area (Å²) in [5.41, 5.74) is -1.03. The van der Waals surface area contributed by atoms with Gasteiger partial charge in [-0.1, -0.05) is 0 Å². The van der Waals surface area contributed by atoms with Crippen LogP contribution >= 0.6 is 0 Å². The molecule has 1 aromatic heterocycles. The predicted octanol–water partition coefficient (Wildman–Crippen LogP) is 2.67. The normalized spacial score (nSPS) is 24.4. The van der Waals surface area contributed by atoms with Crippen LogP contribution in [0.5, 0.6) is 0 Å². The number of carbonyl (C=O) groups is 2. The molecule has 168 valence electrons. The van der Waals surface area contributed by atoms with Gasteiger partial charge in [0.15, 0.2) is 0 Å². The molecule has 4 heterocycles. The summed E-state index contributed by atoms with van der Waals surface area (Å²) in [6.45, 7) is 2.72. The number of nitrogens with one attached hydrogen (secondary N) is 2. The lowest BCUT2D eigenvalue weighted by Crippen LogP contribution is -2.73. The van der Waals surface area contributed by atoms with Gasteiger partial charge in [0.2, 0.25) is 0 Å². The molecule has 11 heteroatoms. The van der Waals surface area contributed by atoms with Crippen LogP contribution in [-0.4, -0.2) is 71.3 Å². The van der Waals surface area contributed by atoms with Crippen molar-refractivity contribution in [1.29, 1.82) is 0 Å². The van der Waals surface area contributed by atoms with Crippen molar-refractivity contribution in [2.45, 2.75) is 43.4 Å². The number of likely N-dealkylation sites (tertiary alicyclic amines) is 2. The summed E-state index contributed by atoms with van der Waals surface area (Å²) in [6.07, 6.45) is -0.253. The first-order chi connectivity index (χ1) is 14.7. The van der Waals surface area contributed by atoms with Crippen LogP contribution in [0.4, 0.5) is 28.6 Å². The smallest absolute Gasteiger partial charge is 0.417 e. The summed E-state index contributed by atoms with van der Waals surface area (Å²) in [5, 5.41) is 6.01. The predicted molar refractivity (Wildman–Crippen MR) is 103 cm³/mol. The summed E-state index contributed by atoms with van der Waals surface area (Å²) in [7, 11) is 0. The van der Waals surface area contributed by atoms with E-state index in [4.69, 9.17) is 4.74 Å². The average Bonchev–Trinajstić information content (AvgIpc) is 3.07. The van der Waals surface area contributed by atoms with Crippen molar-refractivity contribution in [3.8, 4) is 0 Å². The number of halogens is 3. The Labute approximate surface area is 177 Å². The Morgan fingerprint density at radius 2 is 1.84 bits per heavy atom. The second-order valence-electron chi connectivity index (χ2n) is 9.32. The highest BCUT2D eigenvalue weighted by Crippen LogP contribution is 2.45. The Hall–Kier alpha value is -2.72. The number of ether oxygens (including phenoxy) is 1. The Morgan fingerprint density at radius 3 is 2.39 bits per heavy atom. The number of hydrogen-bond donors (Lipinski definition) is 2. The summed E-state index contributed by atoms with van der Waals surface area (Å²) in [4.78, 5) is 31.4. The number of alkyl halides is 3. The van der Waals surface area contributed by atoms with Gasteiger partial charge in [-0.25, -0.2) is 14.6 Å². The maximum Gasteiger partial charge on any atom is 0.417 e. The van der Waals surface area contributed by atoms with Gasteiger partial charge in [-0.05, 0) is 37.8 Å². The van der Waals surface area contributed by atoms with Crippen molar-refractivity contribution in [3.05, 3.63) is 23.9 Å². The molecular weight excluding hydrogens is 415 g/mol. The molecule has 3 amide bonds. The van der Waals surface area contributed by atoms with Crippen molar-refractivity contribution in [3.63, 3.8) is 0 Å². The van der Waals surface area contributed by atoms with Gasteiger partial charge < -0.3 is 25.2 Å². The molecule has 0 radical (unpaired) electrons. The average molecular weight is 439 g/mol. The molecule has 2 spiro atoms. The third-order valence-corrected chi connectivity index (χ3v) is 6.92. The number of pyridine rings is 1.